The Kier molecular flexibility index (Phi) is 12.0. The first kappa shape index (κ1) is 30.4. The van der Waals surface area contributed by atoms with Crippen LogP contribution in [-0.2, 0) is 43.3 Å². The number of hydrogen-bond donors (Lipinski definition) is 2. The fourth-order valence-electron chi connectivity index (χ4n) is 5.42. The van der Waals surface area contributed by atoms with E-state index in [1.807, 2.05) is 42.5 Å². The lowest BCUT2D eigenvalue weighted by Gasteiger charge is -2.41. The first-order valence-electron chi connectivity index (χ1n) is 15.2. The third-order valence-corrected chi connectivity index (χ3v) is 7.70. The zero-order valence-electron chi connectivity index (χ0n) is 24.4. The van der Waals surface area contributed by atoms with Crippen LogP contribution in [0.5, 0.6) is 0 Å². The number of para-hydroxylation sites is 1. The van der Waals surface area contributed by atoms with Crippen LogP contribution in [0.25, 0.3) is 10.9 Å². The molecule has 1 aromatic heterocycles. The van der Waals surface area contributed by atoms with E-state index in [9.17, 15) is 0 Å². The molecular formula is C35H44N2O5. The van der Waals surface area contributed by atoms with Crippen LogP contribution in [-0.4, -0.2) is 56.0 Å². The molecule has 0 unspecified atom stereocenters. The second-order valence-electron chi connectivity index (χ2n) is 10.8. The Bertz CT molecular complexity index is 1300. The van der Waals surface area contributed by atoms with Crippen molar-refractivity contribution in [3.8, 4) is 0 Å². The standard InChI is InChI=1S/C35H44N2O5/c36-19-10-3-11-20-38-26-33-35(41-25-28-14-6-2-7-15-28)32(40-24-27-12-4-1-5-13-27)22-34(42-33)39-21-18-29-23-37-31-17-9-8-16-30(29)31/h1-2,4-9,12-17,23,32-35,37H,3,10-11,18-22,24-26,36H2/t32-,33-,34-,35+/m1/s1. The van der Waals surface area contributed by atoms with Gasteiger partial charge in [-0.1, -0.05) is 78.9 Å². The van der Waals surface area contributed by atoms with Gasteiger partial charge in [0.15, 0.2) is 6.29 Å². The molecule has 42 heavy (non-hydrogen) atoms. The zero-order valence-corrected chi connectivity index (χ0v) is 24.4. The van der Waals surface area contributed by atoms with Gasteiger partial charge in [0.2, 0.25) is 0 Å². The highest BCUT2D eigenvalue weighted by molar-refractivity contribution is 5.83. The minimum atomic E-state index is -0.418. The number of nitrogens with two attached hydrogens (primary N) is 1. The Balaban J connectivity index is 1.26. The summed E-state index contributed by atoms with van der Waals surface area (Å²) in [6.45, 7) is 3.28. The van der Waals surface area contributed by atoms with Gasteiger partial charge in [-0.15, -0.1) is 0 Å². The Morgan fingerprint density at radius 3 is 2.24 bits per heavy atom. The molecule has 1 aliphatic rings. The topological polar surface area (TPSA) is 88.0 Å². The predicted molar refractivity (Wildman–Crippen MR) is 165 cm³/mol. The molecule has 4 atom stereocenters. The van der Waals surface area contributed by atoms with Crippen LogP contribution < -0.4 is 5.73 Å². The lowest BCUT2D eigenvalue weighted by Crippen LogP contribution is -2.53. The second-order valence-corrected chi connectivity index (χ2v) is 10.8. The molecule has 1 aliphatic heterocycles. The Hall–Kier alpha value is -3.04. The molecule has 5 rings (SSSR count). The minimum Gasteiger partial charge on any atom is -0.379 e. The average molecular weight is 573 g/mol. The van der Waals surface area contributed by atoms with Crippen LogP contribution in [0.2, 0.25) is 0 Å². The van der Waals surface area contributed by atoms with Crippen molar-refractivity contribution in [2.24, 2.45) is 5.73 Å². The van der Waals surface area contributed by atoms with Gasteiger partial charge in [0.25, 0.3) is 0 Å². The molecule has 7 heteroatoms. The second kappa shape index (κ2) is 16.6. The van der Waals surface area contributed by atoms with Crippen molar-refractivity contribution >= 4 is 10.9 Å². The molecule has 0 saturated carbocycles. The summed E-state index contributed by atoms with van der Waals surface area (Å²) in [5.74, 6) is 0. The molecule has 3 aromatic carbocycles. The summed E-state index contributed by atoms with van der Waals surface area (Å²) in [6.07, 6.45) is 5.20. The Morgan fingerprint density at radius 1 is 0.762 bits per heavy atom. The summed E-state index contributed by atoms with van der Waals surface area (Å²) in [7, 11) is 0. The number of ether oxygens (including phenoxy) is 5. The highest BCUT2D eigenvalue weighted by Gasteiger charge is 2.41. The van der Waals surface area contributed by atoms with Gasteiger partial charge in [0.05, 0.1) is 32.5 Å². The molecule has 0 spiro atoms. The van der Waals surface area contributed by atoms with Gasteiger partial charge in [-0.2, -0.15) is 0 Å². The van der Waals surface area contributed by atoms with E-state index in [0.29, 0.717) is 46.0 Å². The fraction of sp³-hybridized carbons (Fsp3) is 0.429. The van der Waals surface area contributed by atoms with Gasteiger partial charge in [-0.3, -0.25) is 0 Å². The molecule has 7 nitrogen and oxygen atoms in total. The van der Waals surface area contributed by atoms with Gasteiger partial charge in [-0.05, 0) is 55.0 Å². The SMILES string of the molecule is NCCCCCOC[C@H]1O[C@@H](OCCc2c[nH]c3ccccc23)C[C@@H](OCc2ccccc2)[C@@H]1OCc1ccccc1. The van der Waals surface area contributed by atoms with Gasteiger partial charge in [0, 0.05) is 30.1 Å². The van der Waals surface area contributed by atoms with Crippen LogP contribution in [0.15, 0.2) is 91.1 Å². The molecule has 0 bridgehead atoms. The number of aromatic nitrogens is 1. The monoisotopic (exact) mass is 572 g/mol. The summed E-state index contributed by atoms with van der Waals surface area (Å²) >= 11 is 0. The zero-order chi connectivity index (χ0) is 28.8. The smallest absolute Gasteiger partial charge is 0.160 e. The highest BCUT2D eigenvalue weighted by atomic mass is 16.7. The molecule has 4 aromatic rings. The van der Waals surface area contributed by atoms with Crippen molar-refractivity contribution in [2.45, 2.75) is 69.9 Å². The van der Waals surface area contributed by atoms with Crippen LogP contribution in [0.1, 0.15) is 42.4 Å². The number of nitrogens with one attached hydrogen (secondary N) is 1. The quantitative estimate of drug-likeness (QED) is 0.147. The maximum atomic E-state index is 6.54. The maximum absolute atomic E-state index is 6.54. The molecule has 224 valence electrons. The Morgan fingerprint density at radius 2 is 1.48 bits per heavy atom. The normalized spacial score (nSPS) is 20.7. The van der Waals surface area contributed by atoms with E-state index in [-0.39, 0.29) is 18.3 Å². The summed E-state index contributed by atoms with van der Waals surface area (Å²) in [4.78, 5) is 3.35. The molecular weight excluding hydrogens is 528 g/mol. The van der Waals surface area contributed by atoms with Crippen LogP contribution in [0, 0.1) is 0 Å². The van der Waals surface area contributed by atoms with Crippen molar-refractivity contribution in [1.29, 1.82) is 0 Å². The van der Waals surface area contributed by atoms with E-state index in [4.69, 9.17) is 29.4 Å². The number of unbranched alkanes of at least 4 members (excludes halogenated alkanes) is 2. The molecule has 0 aliphatic carbocycles. The van der Waals surface area contributed by atoms with E-state index in [1.165, 1.54) is 10.9 Å². The number of hydrogen-bond acceptors (Lipinski definition) is 6. The van der Waals surface area contributed by atoms with Crippen molar-refractivity contribution < 1.29 is 23.7 Å². The maximum Gasteiger partial charge on any atom is 0.160 e. The number of rotatable bonds is 17. The average Bonchev–Trinajstić information content (AvgIpc) is 3.45. The lowest BCUT2D eigenvalue weighted by atomic mass is 10.0. The molecule has 1 fully saturated rings. The first-order valence-corrected chi connectivity index (χ1v) is 15.2. The van der Waals surface area contributed by atoms with E-state index in [1.54, 1.807) is 0 Å². The van der Waals surface area contributed by atoms with Gasteiger partial charge in [-0.25, -0.2) is 0 Å². The molecule has 3 N–H and O–H groups in total. The van der Waals surface area contributed by atoms with Gasteiger partial charge < -0.3 is 34.4 Å². The Labute approximate surface area is 249 Å². The lowest BCUT2D eigenvalue weighted by molar-refractivity contribution is -0.277. The number of fused-ring (bicyclic) bond motifs is 1. The van der Waals surface area contributed by atoms with E-state index < -0.39 is 6.29 Å². The largest absolute Gasteiger partial charge is 0.379 e. The third-order valence-electron chi connectivity index (χ3n) is 7.70. The third kappa shape index (κ3) is 8.98. The summed E-state index contributed by atoms with van der Waals surface area (Å²) in [5.41, 5.74) is 10.3. The number of benzene rings is 3. The minimum absolute atomic E-state index is 0.216. The van der Waals surface area contributed by atoms with Crippen molar-refractivity contribution in [1.82, 2.24) is 4.98 Å². The van der Waals surface area contributed by atoms with Crippen molar-refractivity contribution in [3.63, 3.8) is 0 Å². The molecule has 2 heterocycles. The van der Waals surface area contributed by atoms with E-state index in [0.717, 1.165) is 42.3 Å². The predicted octanol–water partition coefficient (Wildman–Crippen LogP) is 6.16. The van der Waals surface area contributed by atoms with Crippen molar-refractivity contribution in [2.75, 3.05) is 26.4 Å². The molecule has 0 radical (unpaired) electrons. The van der Waals surface area contributed by atoms with Gasteiger partial charge >= 0.3 is 0 Å². The summed E-state index contributed by atoms with van der Waals surface area (Å²) < 4.78 is 32.1. The fourth-order valence-corrected chi connectivity index (χ4v) is 5.42. The number of aromatic amines is 1. The summed E-state index contributed by atoms with van der Waals surface area (Å²) in [5, 5.41) is 1.23. The number of H-pyrrole nitrogens is 1. The first-order chi connectivity index (χ1) is 20.8. The van der Waals surface area contributed by atoms with E-state index in [2.05, 4.69) is 53.6 Å². The molecule has 1 saturated heterocycles. The highest BCUT2D eigenvalue weighted by Crippen LogP contribution is 2.29. The van der Waals surface area contributed by atoms with Crippen molar-refractivity contribution in [3.05, 3.63) is 108 Å². The van der Waals surface area contributed by atoms with Crippen LogP contribution in [0.3, 0.4) is 0 Å². The molecule has 0 amide bonds. The van der Waals surface area contributed by atoms with E-state index >= 15 is 0 Å². The summed E-state index contributed by atoms with van der Waals surface area (Å²) in [6, 6.07) is 28.8. The van der Waals surface area contributed by atoms with Gasteiger partial charge in [0.1, 0.15) is 12.2 Å². The van der Waals surface area contributed by atoms with Crippen LogP contribution in [0.4, 0.5) is 0 Å². The van der Waals surface area contributed by atoms with Crippen LogP contribution >= 0.6 is 0 Å².